The van der Waals surface area contributed by atoms with E-state index in [4.69, 9.17) is 16.6 Å². The molecule has 1 heterocycles. The summed E-state index contributed by atoms with van der Waals surface area (Å²) in [7, 11) is 0.894. The zero-order valence-corrected chi connectivity index (χ0v) is 19.4. The molecule has 156 valence electrons. The van der Waals surface area contributed by atoms with Crippen LogP contribution in [-0.4, -0.2) is 54.8 Å². The molecule has 29 heavy (non-hydrogen) atoms. The first-order chi connectivity index (χ1) is 13.5. The van der Waals surface area contributed by atoms with E-state index in [0.717, 1.165) is 21.1 Å². The van der Waals surface area contributed by atoms with Crippen LogP contribution < -0.4 is 0 Å². The summed E-state index contributed by atoms with van der Waals surface area (Å²) in [6.45, 7) is 4.02. The third-order valence-electron chi connectivity index (χ3n) is 4.96. The van der Waals surface area contributed by atoms with E-state index in [1.165, 1.54) is 38.0 Å². The van der Waals surface area contributed by atoms with E-state index in [-0.39, 0.29) is 9.92 Å². The number of aliphatic hydroxyl groups is 1. The maximum atomic E-state index is 12.6. The monoisotopic (exact) mass is 453 g/mol. The molecule has 0 saturated carbocycles. The fraction of sp³-hybridized carbons (Fsp3) is 0.350. The lowest BCUT2D eigenvalue weighted by atomic mass is 10.0. The van der Waals surface area contributed by atoms with Gasteiger partial charge in [-0.3, -0.25) is 0 Å². The summed E-state index contributed by atoms with van der Waals surface area (Å²) in [4.78, 5) is 6.35. The Kier molecular flexibility index (Phi) is 6.04. The lowest BCUT2D eigenvalue weighted by Gasteiger charge is -2.32. The van der Waals surface area contributed by atoms with Crippen LogP contribution in [0.15, 0.2) is 46.3 Å². The Hall–Kier alpha value is -1.58. The molecule has 2 aromatic carbocycles. The van der Waals surface area contributed by atoms with E-state index < -0.39 is 15.7 Å². The Morgan fingerprint density at radius 3 is 2.52 bits per heavy atom. The first-order valence-corrected chi connectivity index (χ1v) is 11.7. The van der Waals surface area contributed by atoms with Crippen molar-refractivity contribution in [3.05, 3.63) is 58.1 Å². The highest BCUT2D eigenvalue weighted by Crippen LogP contribution is 2.40. The van der Waals surface area contributed by atoms with Gasteiger partial charge >= 0.3 is 0 Å². The number of sulfonamides is 1. The summed E-state index contributed by atoms with van der Waals surface area (Å²) < 4.78 is 26.3. The van der Waals surface area contributed by atoms with E-state index in [1.54, 1.807) is 18.0 Å². The number of hydrogen-bond acceptors (Lipinski definition) is 5. The number of thioether (sulfide) groups is 1. The summed E-state index contributed by atoms with van der Waals surface area (Å²) in [5.41, 5.74) is 2.09. The first-order valence-electron chi connectivity index (χ1n) is 8.94. The molecule has 2 aromatic rings. The van der Waals surface area contributed by atoms with Gasteiger partial charge in [-0.1, -0.05) is 47.1 Å². The van der Waals surface area contributed by atoms with Crippen LogP contribution in [-0.2, 0) is 15.7 Å². The number of hydrogen-bond donors (Lipinski definition) is 1. The van der Waals surface area contributed by atoms with Gasteiger partial charge in [0.25, 0.3) is 0 Å². The summed E-state index contributed by atoms with van der Waals surface area (Å²) in [5.74, 6) is 0.316. The second kappa shape index (κ2) is 7.92. The third kappa shape index (κ3) is 4.04. The van der Waals surface area contributed by atoms with Gasteiger partial charge in [0.05, 0.1) is 16.5 Å². The predicted molar refractivity (Wildman–Crippen MR) is 119 cm³/mol. The number of rotatable bonds is 4. The van der Waals surface area contributed by atoms with E-state index in [0.29, 0.717) is 16.5 Å². The summed E-state index contributed by atoms with van der Waals surface area (Å²) in [6, 6.07) is 10.6. The molecule has 1 unspecified atom stereocenters. The lowest BCUT2D eigenvalue weighted by Crippen LogP contribution is -2.42. The highest BCUT2D eigenvalue weighted by Gasteiger charge is 2.43. The molecule has 1 saturated heterocycles. The van der Waals surface area contributed by atoms with E-state index >= 15 is 0 Å². The van der Waals surface area contributed by atoms with Crippen LogP contribution in [0.1, 0.15) is 16.7 Å². The van der Waals surface area contributed by atoms with Crippen molar-refractivity contribution in [2.45, 2.75) is 24.5 Å². The Morgan fingerprint density at radius 1 is 1.21 bits per heavy atom. The number of amidine groups is 1. The van der Waals surface area contributed by atoms with Gasteiger partial charge in [0.15, 0.2) is 10.9 Å². The minimum absolute atomic E-state index is 0.0340. The molecule has 9 heteroatoms. The van der Waals surface area contributed by atoms with Crippen molar-refractivity contribution in [2.24, 2.45) is 4.99 Å². The van der Waals surface area contributed by atoms with Crippen molar-refractivity contribution in [3.8, 4) is 0 Å². The fourth-order valence-corrected chi connectivity index (χ4v) is 5.67. The van der Waals surface area contributed by atoms with Crippen molar-refractivity contribution in [1.29, 1.82) is 0 Å². The molecule has 0 aliphatic carbocycles. The van der Waals surface area contributed by atoms with Gasteiger partial charge in [-0.05, 0) is 37.6 Å². The molecule has 3 rings (SSSR count). The topological polar surface area (TPSA) is 73.2 Å². The summed E-state index contributed by atoms with van der Waals surface area (Å²) in [6.07, 6.45) is 0. The van der Waals surface area contributed by atoms with Gasteiger partial charge in [-0.2, -0.15) is 0 Å². The second-order valence-corrected chi connectivity index (χ2v) is 10.8. The average Bonchev–Trinajstić information content (AvgIpc) is 2.93. The number of halogens is 1. The highest BCUT2D eigenvalue weighted by molar-refractivity contribution is 8.14. The molecule has 0 radical (unpaired) electrons. The maximum absolute atomic E-state index is 12.6. The molecule has 0 amide bonds. The standard InChI is InChI=1S/C20H24ClN3O3S2/c1-13-6-9-17(14(2)10-13)22-19-24(5)20(25,12-28-19)15-7-8-16(21)18(11-15)29(26,27)23(3)4/h6-11,25H,12H2,1-5H3. The molecule has 1 aliphatic rings. The number of benzene rings is 2. The maximum Gasteiger partial charge on any atom is 0.244 e. The Morgan fingerprint density at radius 2 is 1.90 bits per heavy atom. The Balaban J connectivity index is 2.01. The van der Waals surface area contributed by atoms with Crippen LogP contribution in [0.4, 0.5) is 5.69 Å². The molecule has 1 fully saturated rings. The molecule has 1 atom stereocenters. The molecule has 1 aliphatic heterocycles. The molecule has 0 bridgehead atoms. The Labute approximate surface area is 181 Å². The van der Waals surface area contributed by atoms with Crippen molar-refractivity contribution >= 4 is 44.2 Å². The molecular weight excluding hydrogens is 430 g/mol. The molecule has 6 nitrogen and oxygen atoms in total. The van der Waals surface area contributed by atoms with Crippen molar-refractivity contribution in [1.82, 2.24) is 9.21 Å². The largest absolute Gasteiger partial charge is 0.366 e. The van der Waals surface area contributed by atoms with E-state index in [1.807, 2.05) is 26.0 Å². The highest BCUT2D eigenvalue weighted by atomic mass is 35.5. The van der Waals surface area contributed by atoms with Gasteiger partial charge in [0.1, 0.15) is 4.90 Å². The normalized spacial score (nSPS) is 21.4. The number of nitrogens with zero attached hydrogens (tertiary/aromatic N) is 3. The quantitative estimate of drug-likeness (QED) is 0.763. The van der Waals surface area contributed by atoms with Crippen molar-refractivity contribution in [3.63, 3.8) is 0 Å². The molecule has 0 aromatic heterocycles. The van der Waals surface area contributed by atoms with Crippen LogP contribution >= 0.6 is 23.4 Å². The minimum atomic E-state index is -3.74. The van der Waals surface area contributed by atoms with Gasteiger partial charge in [-0.25, -0.2) is 17.7 Å². The predicted octanol–water partition coefficient (Wildman–Crippen LogP) is 3.72. The fourth-order valence-electron chi connectivity index (χ4n) is 3.08. The van der Waals surface area contributed by atoms with Crippen molar-refractivity contribution < 1.29 is 13.5 Å². The van der Waals surface area contributed by atoms with Gasteiger partial charge in [0, 0.05) is 26.7 Å². The van der Waals surface area contributed by atoms with E-state index in [2.05, 4.69) is 6.07 Å². The lowest BCUT2D eigenvalue weighted by molar-refractivity contribution is -0.0349. The Bertz CT molecular complexity index is 1090. The second-order valence-electron chi connectivity index (χ2n) is 7.28. The van der Waals surface area contributed by atoms with Gasteiger partial charge < -0.3 is 10.0 Å². The number of aliphatic imine (C=N–C) groups is 1. The van der Waals surface area contributed by atoms with Crippen LogP contribution in [0.25, 0.3) is 0 Å². The van der Waals surface area contributed by atoms with E-state index in [9.17, 15) is 13.5 Å². The SMILES string of the molecule is Cc1ccc(N=C2SCC(O)(c3ccc(Cl)c(S(=O)(=O)N(C)C)c3)N2C)c(C)c1. The van der Waals surface area contributed by atoms with Crippen LogP contribution in [0.5, 0.6) is 0 Å². The zero-order valence-electron chi connectivity index (χ0n) is 17.0. The van der Waals surface area contributed by atoms with Crippen LogP contribution in [0, 0.1) is 13.8 Å². The van der Waals surface area contributed by atoms with Crippen molar-refractivity contribution in [2.75, 3.05) is 26.9 Å². The molecule has 0 spiro atoms. The van der Waals surface area contributed by atoms with Crippen LogP contribution in [0.2, 0.25) is 5.02 Å². The molecule has 1 N–H and O–H groups in total. The van der Waals surface area contributed by atoms with Gasteiger partial charge in [-0.15, -0.1) is 0 Å². The minimum Gasteiger partial charge on any atom is -0.366 e. The zero-order chi connectivity index (χ0) is 21.6. The molecular formula is C20H24ClN3O3S2. The number of aryl methyl sites for hydroxylation is 2. The smallest absolute Gasteiger partial charge is 0.244 e. The van der Waals surface area contributed by atoms with Gasteiger partial charge in [0.2, 0.25) is 10.0 Å². The summed E-state index contributed by atoms with van der Waals surface area (Å²) in [5, 5.41) is 12.2. The first kappa shape index (κ1) is 22.1. The summed E-state index contributed by atoms with van der Waals surface area (Å²) >= 11 is 7.57. The average molecular weight is 454 g/mol. The third-order valence-corrected chi connectivity index (χ3v) is 8.43. The van der Waals surface area contributed by atoms with Crippen LogP contribution in [0.3, 0.4) is 0 Å².